The first-order valence-corrected chi connectivity index (χ1v) is 9.69. The molecular weight excluding hydrogens is 356 g/mol. The molecule has 3 aromatic rings. The maximum absolute atomic E-state index is 11.7. The molecule has 0 saturated heterocycles. The van der Waals surface area contributed by atoms with Crippen molar-refractivity contribution in [2.75, 3.05) is 13.4 Å². The van der Waals surface area contributed by atoms with E-state index in [4.69, 9.17) is 4.42 Å². The van der Waals surface area contributed by atoms with Crippen LogP contribution in [0.5, 0.6) is 0 Å². The SMILES string of the molecule is COC(=O)Cn1nc(C)cc1-c1ccc(-c2cccc(S(C)(=O)=O)c2)o1. The van der Waals surface area contributed by atoms with Crippen LogP contribution in [0.1, 0.15) is 5.69 Å². The van der Waals surface area contributed by atoms with Gasteiger partial charge in [-0.15, -0.1) is 0 Å². The first kappa shape index (κ1) is 17.9. The van der Waals surface area contributed by atoms with E-state index >= 15 is 0 Å². The van der Waals surface area contributed by atoms with Gasteiger partial charge in [-0.3, -0.25) is 9.48 Å². The highest BCUT2D eigenvalue weighted by molar-refractivity contribution is 7.90. The minimum absolute atomic E-state index is 0.0285. The molecule has 0 aliphatic carbocycles. The number of hydrogen-bond donors (Lipinski definition) is 0. The zero-order chi connectivity index (χ0) is 18.9. The minimum Gasteiger partial charge on any atom is -0.468 e. The quantitative estimate of drug-likeness (QED) is 0.638. The molecule has 3 rings (SSSR count). The molecule has 0 aliphatic rings. The van der Waals surface area contributed by atoms with E-state index < -0.39 is 15.8 Å². The number of rotatable bonds is 5. The summed E-state index contributed by atoms with van der Waals surface area (Å²) >= 11 is 0. The number of benzene rings is 1. The Morgan fingerprint density at radius 3 is 2.62 bits per heavy atom. The van der Waals surface area contributed by atoms with Gasteiger partial charge in [0.25, 0.3) is 0 Å². The van der Waals surface area contributed by atoms with Crippen LogP contribution in [-0.4, -0.2) is 37.5 Å². The molecule has 8 heteroatoms. The van der Waals surface area contributed by atoms with Gasteiger partial charge in [0.15, 0.2) is 15.6 Å². The van der Waals surface area contributed by atoms with Crippen LogP contribution in [0.25, 0.3) is 22.8 Å². The van der Waals surface area contributed by atoms with Crippen molar-refractivity contribution in [1.29, 1.82) is 0 Å². The second kappa shape index (κ2) is 6.80. The number of hydrogen-bond acceptors (Lipinski definition) is 6. The molecule has 2 heterocycles. The summed E-state index contributed by atoms with van der Waals surface area (Å²) in [5.74, 6) is 0.630. The lowest BCUT2D eigenvalue weighted by atomic mass is 10.2. The second-order valence-electron chi connectivity index (χ2n) is 5.87. The molecule has 136 valence electrons. The Hall–Kier alpha value is -2.87. The zero-order valence-electron chi connectivity index (χ0n) is 14.6. The van der Waals surface area contributed by atoms with Crippen LogP contribution < -0.4 is 0 Å². The number of sulfone groups is 1. The van der Waals surface area contributed by atoms with E-state index in [1.165, 1.54) is 17.9 Å². The van der Waals surface area contributed by atoms with Gasteiger partial charge >= 0.3 is 5.97 Å². The Morgan fingerprint density at radius 1 is 1.19 bits per heavy atom. The average Bonchev–Trinajstić information content (AvgIpc) is 3.20. The number of aryl methyl sites for hydroxylation is 1. The molecular formula is C18H18N2O5S. The summed E-state index contributed by atoms with van der Waals surface area (Å²) in [6, 6.07) is 11.9. The van der Waals surface area contributed by atoms with E-state index in [0.717, 1.165) is 11.9 Å². The van der Waals surface area contributed by atoms with Gasteiger partial charge in [0.2, 0.25) is 0 Å². The van der Waals surface area contributed by atoms with Gasteiger partial charge in [0.1, 0.15) is 18.0 Å². The van der Waals surface area contributed by atoms with Crippen LogP contribution in [0.3, 0.4) is 0 Å². The largest absolute Gasteiger partial charge is 0.468 e. The van der Waals surface area contributed by atoms with Crippen molar-refractivity contribution < 1.29 is 22.4 Å². The summed E-state index contributed by atoms with van der Waals surface area (Å²) in [5, 5.41) is 4.28. The molecule has 0 N–H and O–H groups in total. The van der Waals surface area contributed by atoms with E-state index in [2.05, 4.69) is 9.84 Å². The topological polar surface area (TPSA) is 91.4 Å². The van der Waals surface area contributed by atoms with Gasteiger partial charge in [0.05, 0.1) is 17.7 Å². The summed E-state index contributed by atoms with van der Waals surface area (Å²) < 4.78 is 35.6. The van der Waals surface area contributed by atoms with Crippen LogP contribution in [0.4, 0.5) is 0 Å². The lowest BCUT2D eigenvalue weighted by Gasteiger charge is -2.04. The Kier molecular flexibility index (Phi) is 4.69. The molecule has 1 aromatic carbocycles. The fourth-order valence-electron chi connectivity index (χ4n) is 2.56. The van der Waals surface area contributed by atoms with Crippen molar-refractivity contribution >= 4 is 15.8 Å². The minimum atomic E-state index is -3.31. The van der Waals surface area contributed by atoms with Crippen LogP contribution in [0, 0.1) is 6.92 Å². The zero-order valence-corrected chi connectivity index (χ0v) is 15.4. The van der Waals surface area contributed by atoms with Gasteiger partial charge < -0.3 is 9.15 Å². The summed E-state index contributed by atoms with van der Waals surface area (Å²) in [7, 11) is -1.99. The number of carbonyl (C=O) groups excluding carboxylic acids is 1. The Bertz CT molecular complexity index is 1060. The van der Waals surface area contributed by atoms with Crippen molar-refractivity contribution in [3.8, 4) is 22.8 Å². The van der Waals surface area contributed by atoms with Crippen molar-refractivity contribution in [3.63, 3.8) is 0 Å². The van der Waals surface area contributed by atoms with E-state index in [0.29, 0.717) is 22.8 Å². The van der Waals surface area contributed by atoms with Crippen molar-refractivity contribution in [3.05, 3.63) is 48.2 Å². The molecule has 0 fully saturated rings. The van der Waals surface area contributed by atoms with Crippen molar-refractivity contribution in [2.24, 2.45) is 0 Å². The highest BCUT2D eigenvalue weighted by Gasteiger charge is 2.16. The lowest BCUT2D eigenvalue weighted by Crippen LogP contribution is -2.13. The predicted molar refractivity (Wildman–Crippen MR) is 95.2 cm³/mol. The smallest absolute Gasteiger partial charge is 0.327 e. The number of carbonyl (C=O) groups is 1. The van der Waals surface area contributed by atoms with Crippen molar-refractivity contribution in [1.82, 2.24) is 9.78 Å². The fourth-order valence-corrected chi connectivity index (χ4v) is 3.23. The standard InChI is InChI=1S/C18H18N2O5S/c1-12-9-15(20(19-12)11-18(21)24-2)17-8-7-16(25-17)13-5-4-6-14(10-13)26(3,22)23/h4-10H,11H2,1-3H3. The van der Waals surface area contributed by atoms with Gasteiger partial charge in [0, 0.05) is 11.8 Å². The third-order valence-electron chi connectivity index (χ3n) is 3.81. The number of esters is 1. The van der Waals surface area contributed by atoms with Gasteiger partial charge in [-0.25, -0.2) is 8.42 Å². The maximum Gasteiger partial charge on any atom is 0.327 e. The third kappa shape index (κ3) is 3.70. The predicted octanol–water partition coefficient (Wildman–Crippen LogP) is 2.70. The average molecular weight is 374 g/mol. The summed E-state index contributed by atoms with van der Waals surface area (Å²) in [6.45, 7) is 1.79. The molecule has 0 spiro atoms. The third-order valence-corrected chi connectivity index (χ3v) is 4.92. The number of furan rings is 1. The first-order chi connectivity index (χ1) is 12.3. The monoisotopic (exact) mass is 374 g/mol. The summed E-state index contributed by atoms with van der Waals surface area (Å²) in [4.78, 5) is 11.8. The van der Waals surface area contributed by atoms with Gasteiger partial charge in [-0.05, 0) is 37.3 Å². The van der Waals surface area contributed by atoms with E-state index in [9.17, 15) is 13.2 Å². The highest BCUT2D eigenvalue weighted by atomic mass is 32.2. The number of nitrogens with zero attached hydrogens (tertiary/aromatic N) is 2. The van der Waals surface area contributed by atoms with Crippen molar-refractivity contribution in [2.45, 2.75) is 18.4 Å². The fraction of sp³-hybridized carbons (Fsp3) is 0.222. The molecule has 0 aliphatic heterocycles. The summed E-state index contributed by atoms with van der Waals surface area (Å²) in [5.41, 5.74) is 2.02. The van der Waals surface area contributed by atoms with Crippen LogP contribution in [0.2, 0.25) is 0 Å². The van der Waals surface area contributed by atoms with Gasteiger partial charge in [-0.2, -0.15) is 5.10 Å². The van der Waals surface area contributed by atoms with E-state index in [-0.39, 0.29) is 11.4 Å². The molecule has 2 aromatic heterocycles. The molecule has 7 nitrogen and oxygen atoms in total. The Labute approximate surface area is 151 Å². The molecule has 0 saturated carbocycles. The lowest BCUT2D eigenvalue weighted by molar-refractivity contribution is -0.141. The molecule has 0 amide bonds. The molecule has 26 heavy (non-hydrogen) atoms. The Balaban J connectivity index is 1.98. The second-order valence-corrected chi connectivity index (χ2v) is 7.88. The van der Waals surface area contributed by atoms with Crippen LogP contribution in [-0.2, 0) is 25.9 Å². The molecule has 0 radical (unpaired) electrons. The molecule has 0 unspecified atom stereocenters. The number of aromatic nitrogens is 2. The van der Waals surface area contributed by atoms with E-state index in [1.54, 1.807) is 36.4 Å². The van der Waals surface area contributed by atoms with E-state index in [1.807, 2.05) is 6.92 Å². The molecule has 0 bridgehead atoms. The van der Waals surface area contributed by atoms with Crippen LogP contribution in [0.15, 0.2) is 51.8 Å². The molecule has 0 atom stereocenters. The normalized spacial score (nSPS) is 11.5. The maximum atomic E-state index is 11.7. The van der Waals surface area contributed by atoms with Gasteiger partial charge in [-0.1, -0.05) is 12.1 Å². The number of ether oxygens (including phenoxy) is 1. The first-order valence-electron chi connectivity index (χ1n) is 7.80. The number of methoxy groups -OCH3 is 1. The van der Waals surface area contributed by atoms with Crippen LogP contribution >= 0.6 is 0 Å². The Morgan fingerprint density at radius 2 is 1.92 bits per heavy atom. The highest BCUT2D eigenvalue weighted by Crippen LogP contribution is 2.30. The summed E-state index contributed by atoms with van der Waals surface area (Å²) in [6.07, 6.45) is 1.16.